The Morgan fingerprint density at radius 2 is 1.81 bits per heavy atom. The molecule has 0 unspecified atom stereocenters. The molecule has 0 radical (unpaired) electrons. The van der Waals surface area contributed by atoms with Crippen LogP contribution in [0.5, 0.6) is 0 Å². The lowest BCUT2D eigenvalue weighted by atomic mass is 9.82. The molecular formula is C28H42N2O12Si. The summed E-state index contributed by atoms with van der Waals surface area (Å²) < 4.78 is 16.3. The van der Waals surface area contributed by atoms with Crippen LogP contribution in [0.15, 0.2) is 18.2 Å². The van der Waals surface area contributed by atoms with Gasteiger partial charge in [-0.25, -0.2) is 0 Å². The molecule has 3 heterocycles. The Labute approximate surface area is 250 Å². The molecule has 1 aromatic carbocycles. The number of nitrogens with one attached hydrogen (secondary N) is 1. The molecule has 3 aliphatic rings. The van der Waals surface area contributed by atoms with Gasteiger partial charge in [-0.15, -0.1) is 0 Å². The van der Waals surface area contributed by atoms with Gasteiger partial charge in [0.15, 0.2) is 26.3 Å². The van der Waals surface area contributed by atoms with Crippen molar-refractivity contribution in [3.8, 4) is 0 Å². The highest BCUT2D eigenvalue weighted by molar-refractivity contribution is 6.71. The molecule has 1 aromatic rings. The van der Waals surface area contributed by atoms with E-state index in [0.29, 0.717) is 24.1 Å². The first-order valence-electron chi connectivity index (χ1n) is 14.4. The van der Waals surface area contributed by atoms with Gasteiger partial charge in [-0.1, -0.05) is 6.92 Å². The molecule has 0 aromatic heterocycles. The third-order valence-corrected chi connectivity index (χ3v) is 11.3. The van der Waals surface area contributed by atoms with E-state index < -0.39 is 68.1 Å². The number of anilines is 2. The number of rotatable bonds is 10. The number of methoxy groups -OCH3 is 1. The first kappa shape index (κ1) is 33.4. The number of carbonyl (C=O) groups is 3. The fourth-order valence-electron chi connectivity index (χ4n) is 6.71. The molecule has 2 amide bonds. The summed E-state index contributed by atoms with van der Waals surface area (Å²) in [5, 5.41) is 52.3. The topological polar surface area (TPSA) is 216 Å². The van der Waals surface area contributed by atoms with Crippen LogP contribution in [0.2, 0.25) is 18.6 Å². The van der Waals surface area contributed by atoms with Gasteiger partial charge in [-0.05, 0) is 50.6 Å². The number of nitrogens with zero attached hydrogens (tertiary/aromatic N) is 1. The number of aliphatic hydroxyl groups is 5. The van der Waals surface area contributed by atoms with Gasteiger partial charge in [-0.3, -0.25) is 14.4 Å². The molecule has 3 aliphatic heterocycles. The van der Waals surface area contributed by atoms with Crippen LogP contribution >= 0.6 is 0 Å². The lowest BCUT2D eigenvalue weighted by Gasteiger charge is -2.37. The molecule has 2 saturated heterocycles. The van der Waals surface area contributed by atoms with E-state index in [2.05, 4.69) is 5.32 Å². The van der Waals surface area contributed by atoms with E-state index in [1.165, 1.54) is 13.2 Å². The molecule has 240 valence electrons. The number of amides is 2. The number of carbonyl (C=O) groups excluding carboxylic acids is 3. The zero-order valence-electron chi connectivity index (χ0n) is 24.7. The number of fused-ring (bicyclic) bond motifs is 2. The third kappa shape index (κ3) is 6.10. The van der Waals surface area contributed by atoms with Gasteiger partial charge in [-0.2, -0.15) is 0 Å². The Bertz CT molecular complexity index is 1210. The van der Waals surface area contributed by atoms with Crippen molar-refractivity contribution in [3.63, 3.8) is 0 Å². The fourth-order valence-corrected chi connectivity index (χ4v) is 9.31. The SMILES string of the molecule is COC(=O)CCCCN1C(=O)[C@@]2(O[C@@H](CCO)[C@H]([Si](C)(C)O)[C@H]2C)c2cc(NC(=O)[C@H]3O[C@@H](O)[C@H](O)[C@@H](O)[C@@H]3O)ccc21. The van der Waals surface area contributed by atoms with E-state index in [1.54, 1.807) is 30.1 Å². The van der Waals surface area contributed by atoms with Gasteiger partial charge in [0.05, 0.1) is 18.9 Å². The minimum absolute atomic E-state index is 0.189. The molecule has 43 heavy (non-hydrogen) atoms. The monoisotopic (exact) mass is 626 g/mol. The Hall–Kier alpha value is -2.47. The minimum atomic E-state index is -2.93. The van der Waals surface area contributed by atoms with Gasteiger partial charge in [0.1, 0.15) is 18.3 Å². The third-order valence-electron chi connectivity index (χ3n) is 8.75. The smallest absolute Gasteiger partial charge is 0.305 e. The van der Waals surface area contributed by atoms with Crippen molar-refractivity contribution in [2.24, 2.45) is 5.92 Å². The van der Waals surface area contributed by atoms with Crippen LogP contribution in [0.3, 0.4) is 0 Å². The molecule has 0 saturated carbocycles. The standard InChI is InChI=1S/C28H42N2O12Si/c1-14-24(43(3,4)39)18(10-12-31)42-28(14)16-13-15(29-25(36)23-21(34)20(33)22(35)26(37)41-23)8-9-17(16)30(27(28)38)11-6-5-7-19(32)40-2/h8-9,13-14,18,20-24,26,31,33-35,37,39H,5-7,10-12H2,1-4H3,(H,29,36)/t14-,18+,20+,21+,22-,23+,24-,26-,28+/m1/s1. The second-order valence-electron chi connectivity index (χ2n) is 12.0. The maximum Gasteiger partial charge on any atom is 0.305 e. The lowest BCUT2D eigenvalue weighted by Crippen LogP contribution is -2.60. The van der Waals surface area contributed by atoms with Crippen LogP contribution < -0.4 is 10.2 Å². The maximum absolute atomic E-state index is 14.3. The highest BCUT2D eigenvalue weighted by Crippen LogP contribution is 2.59. The number of hydrogen-bond acceptors (Lipinski definition) is 12. The van der Waals surface area contributed by atoms with Crippen LogP contribution in [0.1, 0.15) is 38.2 Å². The molecule has 0 bridgehead atoms. The second-order valence-corrected chi connectivity index (χ2v) is 16.0. The highest BCUT2D eigenvalue weighted by atomic mass is 28.4. The van der Waals surface area contributed by atoms with Crippen molar-refractivity contribution in [2.75, 3.05) is 30.5 Å². The first-order chi connectivity index (χ1) is 20.2. The summed E-state index contributed by atoms with van der Waals surface area (Å²) in [6, 6.07) is 4.74. The number of esters is 1. The Kier molecular flexibility index (Phi) is 10.0. The van der Waals surface area contributed by atoms with Crippen molar-refractivity contribution in [1.82, 2.24) is 0 Å². The molecular weight excluding hydrogens is 584 g/mol. The summed E-state index contributed by atoms with van der Waals surface area (Å²) in [6.45, 7) is 5.41. The van der Waals surface area contributed by atoms with E-state index in [4.69, 9.17) is 14.2 Å². The molecule has 0 aliphatic carbocycles. The van der Waals surface area contributed by atoms with Crippen LogP contribution in [0.25, 0.3) is 0 Å². The van der Waals surface area contributed by atoms with Gasteiger partial charge in [0, 0.05) is 42.3 Å². The summed E-state index contributed by atoms with van der Waals surface area (Å²) in [7, 11) is -1.62. The van der Waals surface area contributed by atoms with E-state index in [-0.39, 0.29) is 43.6 Å². The molecule has 15 heteroatoms. The normalized spacial score (nSPS) is 34.0. The van der Waals surface area contributed by atoms with Crippen molar-refractivity contribution < 1.29 is 58.9 Å². The number of ether oxygens (including phenoxy) is 3. The van der Waals surface area contributed by atoms with Gasteiger partial charge in [0.2, 0.25) is 0 Å². The van der Waals surface area contributed by atoms with Gasteiger partial charge in [0.25, 0.3) is 11.8 Å². The molecule has 7 N–H and O–H groups in total. The molecule has 2 fully saturated rings. The van der Waals surface area contributed by atoms with Crippen molar-refractivity contribution in [2.45, 2.75) is 93.7 Å². The quantitative estimate of drug-likeness (QED) is 0.0975. The molecule has 14 nitrogen and oxygen atoms in total. The van der Waals surface area contributed by atoms with Crippen LogP contribution in [-0.4, -0.2) is 114 Å². The Morgan fingerprint density at radius 1 is 1.12 bits per heavy atom. The lowest BCUT2D eigenvalue weighted by molar-refractivity contribution is -0.274. The summed E-state index contributed by atoms with van der Waals surface area (Å²) in [6.07, 6.45) is -8.31. The summed E-state index contributed by atoms with van der Waals surface area (Å²) >= 11 is 0. The number of benzene rings is 1. The van der Waals surface area contributed by atoms with Gasteiger partial charge < -0.3 is 54.8 Å². The number of unbranched alkanes of at least 4 members (excludes halogenated alkanes) is 1. The van der Waals surface area contributed by atoms with E-state index in [1.807, 2.05) is 6.92 Å². The number of hydrogen-bond donors (Lipinski definition) is 7. The Balaban J connectivity index is 1.69. The summed E-state index contributed by atoms with van der Waals surface area (Å²) in [4.78, 5) is 51.7. The fraction of sp³-hybridized carbons (Fsp3) is 0.679. The molecule has 1 spiro atoms. The van der Waals surface area contributed by atoms with Crippen molar-refractivity contribution in [1.29, 1.82) is 0 Å². The van der Waals surface area contributed by atoms with Crippen molar-refractivity contribution in [3.05, 3.63) is 23.8 Å². The zero-order chi connectivity index (χ0) is 31.9. The summed E-state index contributed by atoms with van der Waals surface area (Å²) in [5.74, 6) is -2.13. The van der Waals surface area contributed by atoms with Crippen LogP contribution in [-0.2, 0) is 34.2 Å². The van der Waals surface area contributed by atoms with E-state index >= 15 is 0 Å². The molecule has 9 atom stereocenters. The van der Waals surface area contributed by atoms with E-state index in [0.717, 1.165) is 0 Å². The Morgan fingerprint density at radius 3 is 2.44 bits per heavy atom. The predicted octanol–water partition coefficient (Wildman–Crippen LogP) is -0.705. The van der Waals surface area contributed by atoms with Crippen LogP contribution in [0.4, 0.5) is 11.4 Å². The maximum atomic E-state index is 14.3. The van der Waals surface area contributed by atoms with Gasteiger partial charge >= 0.3 is 5.97 Å². The average molecular weight is 627 g/mol. The minimum Gasteiger partial charge on any atom is -0.469 e. The second kappa shape index (κ2) is 12.9. The average Bonchev–Trinajstić information content (AvgIpc) is 3.37. The molecule has 4 rings (SSSR count). The van der Waals surface area contributed by atoms with Crippen molar-refractivity contribution >= 4 is 37.5 Å². The number of aliphatic hydroxyl groups excluding tert-OH is 5. The predicted molar refractivity (Wildman–Crippen MR) is 153 cm³/mol. The van der Waals surface area contributed by atoms with E-state index in [9.17, 15) is 44.7 Å². The zero-order valence-corrected chi connectivity index (χ0v) is 25.7. The largest absolute Gasteiger partial charge is 0.469 e. The first-order valence-corrected chi connectivity index (χ1v) is 17.4. The highest BCUT2D eigenvalue weighted by Gasteiger charge is 2.66. The van der Waals surface area contributed by atoms with Crippen LogP contribution in [0, 0.1) is 5.92 Å². The summed E-state index contributed by atoms with van der Waals surface area (Å²) in [5.41, 5.74) is -0.772.